The van der Waals surface area contributed by atoms with Crippen molar-refractivity contribution in [3.63, 3.8) is 0 Å². The zero-order valence-corrected chi connectivity index (χ0v) is 12.1. The Kier molecular flexibility index (Phi) is 10.3. The predicted molar refractivity (Wildman–Crippen MR) is 73.2 cm³/mol. The van der Waals surface area contributed by atoms with E-state index in [1.807, 2.05) is 4.90 Å². The zero-order chi connectivity index (χ0) is 12.5. The lowest BCUT2D eigenvalue weighted by atomic mass is 9.96. The molecule has 0 radical (unpaired) electrons. The van der Waals surface area contributed by atoms with Gasteiger partial charge in [0.2, 0.25) is 5.91 Å². The number of ether oxygens (including phenoxy) is 2. The van der Waals surface area contributed by atoms with E-state index in [2.05, 4.69) is 5.32 Å². The van der Waals surface area contributed by atoms with Crippen molar-refractivity contribution in [2.45, 2.75) is 12.8 Å². The summed E-state index contributed by atoms with van der Waals surface area (Å²) in [6, 6.07) is 0. The van der Waals surface area contributed by atoms with E-state index in [4.69, 9.17) is 9.47 Å². The second-order valence-corrected chi connectivity index (χ2v) is 4.34. The summed E-state index contributed by atoms with van der Waals surface area (Å²) in [6.45, 7) is 4.36. The molecule has 0 spiro atoms. The van der Waals surface area contributed by atoms with Crippen LogP contribution in [0.2, 0.25) is 0 Å². The Hall–Kier alpha value is -0.360. The molecule has 1 amide bonds. The van der Waals surface area contributed by atoms with Crippen molar-refractivity contribution in [3.8, 4) is 0 Å². The fourth-order valence-corrected chi connectivity index (χ4v) is 2.06. The lowest BCUT2D eigenvalue weighted by molar-refractivity contribution is -0.137. The molecule has 0 unspecified atom stereocenters. The monoisotopic (exact) mass is 280 g/mol. The minimum absolute atomic E-state index is 0. The van der Waals surface area contributed by atoms with Gasteiger partial charge in [0.1, 0.15) is 0 Å². The van der Waals surface area contributed by atoms with Crippen molar-refractivity contribution < 1.29 is 14.3 Å². The lowest BCUT2D eigenvalue weighted by Crippen LogP contribution is -2.43. The Labute approximate surface area is 116 Å². The minimum Gasteiger partial charge on any atom is -0.383 e. The third-order valence-corrected chi connectivity index (χ3v) is 3.13. The van der Waals surface area contributed by atoms with Crippen molar-refractivity contribution >= 4 is 18.3 Å². The summed E-state index contributed by atoms with van der Waals surface area (Å²) < 4.78 is 10.1. The Morgan fingerprint density at radius 3 is 2.11 bits per heavy atom. The number of halogens is 1. The van der Waals surface area contributed by atoms with Crippen LogP contribution in [0.25, 0.3) is 0 Å². The number of nitrogens with one attached hydrogen (secondary N) is 1. The van der Waals surface area contributed by atoms with Gasteiger partial charge in [-0.05, 0) is 25.9 Å². The summed E-state index contributed by atoms with van der Waals surface area (Å²) in [7, 11) is 3.31. The van der Waals surface area contributed by atoms with Crippen molar-refractivity contribution in [2.75, 3.05) is 53.6 Å². The van der Waals surface area contributed by atoms with Crippen molar-refractivity contribution in [1.29, 1.82) is 0 Å². The van der Waals surface area contributed by atoms with E-state index in [1.54, 1.807) is 14.2 Å². The van der Waals surface area contributed by atoms with Gasteiger partial charge in [-0.1, -0.05) is 0 Å². The molecule has 0 atom stereocenters. The Morgan fingerprint density at radius 1 is 1.17 bits per heavy atom. The highest BCUT2D eigenvalue weighted by Crippen LogP contribution is 2.15. The Morgan fingerprint density at radius 2 is 1.67 bits per heavy atom. The van der Waals surface area contributed by atoms with Crippen LogP contribution in [0.1, 0.15) is 12.8 Å². The third kappa shape index (κ3) is 6.00. The van der Waals surface area contributed by atoms with Crippen LogP contribution in [0.15, 0.2) is 0 Å². The molecule has 0 aromatic carbocycles. The van der Waals surface area contributed by atoms with Gasteiger partial charge in [0.15, 0.2) is 0 Å². The lowest BCUT2D eigenvalue weighted by Gasteiger charge is -2.29. The standard InChI is InChI=1S/C12H24N2O3.ClH/c1-16-9-7-14(8-10-17-2)12(15)11-3-5-13-6-4-11;/h11,13H,3-10H2,1-2H3;1H. The molecule has 1 saturated heterocycles. The molecule has 0 saturated carbocycles. The fraction of sp³-hybridized carbons (Fsp3) is 0.917. The van der Waals surface area contributed by atoms with Crippen molar-refractivity contribution in [2.24, 2.45) is 5.92 Å². The first-order valence-electron chi connectivity index (χ1n) is 6.27. The summed E-state index contributed by atoms with van der Waals surface area (Å²) in [5, 5.41) is 3.27. The van der Waals surface area contributed by atoms with Crippen LogP contribution in [-0.2, 0) is 14.3 Å². The predicted octanol–water partition coefficient (Wildman–Crippen LogP) is 0.529. The van der Waals surface area contributed by atoms with Gasteiger partial charge in [-0.3, -0.25) is 4.79 Å². The largest absolute Gasteiger partial charge is 0.383 e. The van der Waals surface area contributed by atoms with Crippen LogP contribution < -0.4 is 5.32 Å². The average Bonchev–Trinajstić information content (AvgIpc) is 2.39. The molecule has 1 aliphatic heterocycles. The molecule has 1 fully saturated rings. The van der Waals surface area contributed by atoms with Gasteiger partial charge in [-0.15, -0.1) is 12.4 Å². The number of rotatable bonds is 7. The van der Waals surface area contributed by atoms with Crippen LogP contribution in [0, 0.1) is 5.92 Å². The van der Waals surface area contributed by atoms with Gasteiger partial charge in [0, 0.05) is 33.2 Å². The number of methoxy groups -OCH3 is 2. The molecule has 5 nitrogen and oxygen atoms in total. The first kappa shape index (κ1) is 17.6. The molecule has 0 aromatic heterocycles. The zero-order valence-electron chi connectivity index (χ0n) is 11.3. The highest BCUT2D eigenvalue weighted by molar-refractivity contribution is 5.85. The molecule has 1 aliphatic rings. The summed E-state index contributed by atoms with van der Waals surface area (Å²) >= 11 is 0. The van der Waals surface area contributed by atoms with E-state index < -0.39 is 0 Å². The molecule has 6 heteroatoms. The van der Waals surface area contributed by atoms with E-state index >= 15 is 0 Å². The summed E-state index contributed by atoms with van der Waals surface area (Å²) in [6.07, 6.45) is 1.88. The first-order chi connectivity index (χ1) is 8.29. The maximum absolute atomic E-state index is 12.3. The molecule has 108 valence electrons. The van der Waals surface area contributed by atoms with Crippen LogP contribution in [0.3, 0.4) is 0 Å². The van der Waals surface area contributed by atoms with E-state index in [-0.39, 0.29) is 24.2 Å². The molecular formula is C12H25ClN2O3. The molecule has 0 aliphatic carbocycles. The highest BCUT2D eigenvalue weighted by Gasteiger charge is 2.25. The Bertz CT molecular complexity index is 215. The van der Waals surface area contributed by atoms with Gasteiger partial charge in [-0.25, -0.2) is 0 Å². The topological polar surface area (TPSA) is 50.8 Å². The van der Waals surface area contributed by atoms with Crippen LogP contribution in [0.4, 0.5) is 0 Å². The number of amides is 1. The molecule has 1 N–H and O–H groups in total. The molecule has 0 aromatic rings. The quantitative estimate of drug-likeness (QED) is 0.739. The minimum atomic E-state index is 0. The van der Waals surface area contributed by atoms with Gasteiger partial charge in [0.05, 0.1) is 13.2 Å². The summed E-state index contributed by atoms with van der Waals surface area (Å²) in [5.41, 5.74) is 0. The maximum Gasteiger partial charge on any atom is 0.225 e. The van der Waals surface area contributed by atoms with Crippen LogP contribution in [0.5, 0.6) is 0 Å². The highest BCUT2D eigenvalue weighted by atomic mass is 35.5. The second-order valence-electron chi connectivity index (χ2n) is 4.34. The van der Waals surface area contributed by atoms with E-state index in [1.165, 1.54) is 0 Å². The molecule has 18 heavy (non-hydrogen) atoms. The number of carbonyl (C=O) groups is 1. The summed E-state index contributed by atoms with van der Waals surface area (Å²) in [5.74, 6) is 0.422. The average molecular weight is 281 g/mol. The molecular weight excluding hydrogens is 256 g/mol. The summed E-state index contributed by atoms with van der Waals surface area (Å²) in [4.78, 5) is 14.2. The van der Waals surface area contributed by atoms with E-state index in [9.17, 15) is 4.79 Å². The van der Waals surface area contributed by atoms with Gasteiger partial charge in [0.25, 0.3) is 0 Å². The Balaban J connectivity index is 0.00000289. The van der Waals surface area contributed by atoms with Crippen molar-refractivity contribution in [1.82, 2.24) is 10.2 Å². The molecule has 0 bridgehead atoms. The number of hydrogen-bond donors (Lipinski definition) is 1. The van der Waals surface area contributed by atoms with E-state index in [0.717, 1.165) is 25.9 Å². The number of nitrogens with zero attached hydrogens (tertiary/aromatic N) is 1. The second kappa shape index (κ2) is 10.6. The van der Waals surface area contributed by atoms with Crippen molar-refractivity contribution in [3.05, 3.63) is 0 Å². The SMILES string of the molecule is COCCN(CCOC)C(=O)C1CCNCC1.Cl. The van der Waals surface area contributed by atoms with Crippen LogP contribution >= 0.6 is 12.4 Å². The normalized spacial score (nSPS) is 16.1. The van der Waals surface area contributed by atoms with E-state index in [0.29, 0.717) is 26.3 Å². The first-order valence-corrected chi connectivity index (χ1v) is 6.27. The smallest absolute Gasteiger partial charge is 0.225 e. The fourth-order valence-electron chi connectivity index (χ4n) is 2.06. The maximum atomic E-state index is 12.3. The molecule has 1 heterocycles. The third-order valence-electron chi connectivity index (χ3n) is 3.13. The number of carbonyl (C=O) groups excluding carboxylic acids is 1. The van der Waals surface area contributed by atoms with Gasteiger partial charge < -0.3 is 19.7 Å². The van der Waals surface area contributed by atoms with Gasteiger partial charge >= 0.3 is 0 Å². The number of hydrogen-bond acceptors (Lipinski definition) is 4. The van der Waals surface area contributed by atoms with Gasteiger partial charge in [-0.2, -0.15) is 0 Å². The number of piperidine rings is 1. The molecule has 1 rings (SSSR count). The van der Waals surface area contributed by atoms with Crippen LogP contribution in [-0.4, -0.2) is 64.4 Å².